The van der Waals surface area contributed by atoms with E-state index in [0.29, 0.717) is 18.2 Å². The number of carbonyl (C=O) groups excluding carboxylic acids is 1. The van der Waals surface area contributed by atoms with Crippen molar-refractivity contribution in [1.82, 2.24) is 15.2 Å². The number of H-pyrrole nitrogens is 1. The van der Waals surface area contributed by atoms with Crippen LogP contribution in [-0.2, 0) is 0 Å². The molecule has 2 rings (SSSR count). The summed E-state index contributed by atoms with van der Waals surface area (Å²) in [6, 6.07) is 7.97. The Morgan fingerprint density at radius 3 is 2.89 bits per heavy atom. The first-order valence-electron chi connectivity index (χ1n) is 6.09. The predicted molar refractivity (Wildman–Crippen MR) is 73.8 cm³/mol. The molecule has 1 aromatic carbocycles. The largest absolute Gasteiger partial charge is 0.361 e. The third-order valence-electron chi connectivity index (χ3n) is 3.26. The van der Waals surface area contributed by atoms with Gasteiger partial charge in [0, 0.05) is 35.2 Å². The Labute approximate surface area is 107 Å². The van der Waals surface area contributed by atoms with Gasteiger partial charge >= 0.3 is 0 Å². The molecular formula is C14H19N3O. The molecule has 96 valence electrons. The number of nitrogens with one attached hydrogen (secondary N) is 2. The van der Waals surface area contributed by atoms with Crippen molar-refractivity contribution in [2.45, 2.75) is 13.0 Å². The van der Waals surface area contributed by atoms with E-state index in [0.717, 1.165) is 10.9 Å². The first-order chi connectivity index (χ1) is 8.58. The lowest BCUT2D eigenvalue weighted by atomic mass is 10.1. The minimum atomic E-state index is -0.0215. The van der Waals surface area contributed by atoms with Gasteiger partial charge in [-0.3, -0.25) is 4.79 Å². The summed E-state index contributed by atoms with van der Waals surface area (Å²) < 4.78 is 0. The van der Waals surface area contributed by atoms with Crippen molar-refractivity contribution in [3.8, 4) is 0 Å². The van der Waals surface area contributed by atoms with E-state index >= 15 is 0 Å². The van der Waals surface area contributed by atoms with Gasteiger partial charge in [0.25, 0.3) is 5.91 Å². The van der Waals surface area contributed by atoms with Crippen molar-refractivity contribution in [3.63, 3.8) is 0 Å². The molecule has 0 saturated carbocycles. The van der Waals surface area contributed by atoms with E-state index in [1.807, 2.05) is 44.6 Å². The van der Waals surface area contributed by atoms with Gasteiger partial charge in [-0.25, -0.2) is 0 Å². The summed E-state index contributed by atoms with van der Waals surface area (Å²) in [5.74, 6) is -0.0215. The molecule has 2 aromatic rings. The van der Waals surface area contributed by atoms with Gasteiger partial charge in [0.2, 0.25) is 0 Å². The molecule has 4 heteroatoms. The van der Waals surface area contributed by atoms with Gasteiger partial charge in [-0.1, -0.05) is 0 Å². The Bertz CT molecular complexity index is 545. The number of nitrogens with zero attached hydrogens (tertiary/aromatic N) is 1. The van der Waals surface area contributed by atoms with Crippen LogP contribution in [0.3, 0.4) is 0 Å². The number of fused-ring (bicyclic) bond motifs is 1. The fourth-order valence-corrected chi connectivity index (χ4v) is 1.72. The number of hydrogen-bond donors (Lipinski definition) is 2. The summed E-state index contributed by atoms with van der Waals surface area (Å²) in [5, 5.41) is 4.00. The number of amides is 1. The maximum atomic E-state index is 12.0. The van der Waals surface area contributed by atoms with E-state index in [9.17, 15) is 4.79 Å². The smallest absolute Gasteiger partial charge is 0.251 e. The molecule has 1 aromatic heterocycles. The van der Waals surface area contributed by atoms with E-state index in [4.69, 9.17) is 0 Å². The normalized spacial score (nSPS) is 12.9. The summed E-state index contributed by atoms with van der Waals surface area (Å²) in [7, 11) is 4.01. The average Bonchev–Trinajstić information content (AvgIpc) is 2.82. The molecule has 18 heavy (non-hydrogen) atoms. The van der Waals surface area contributed by atoms with Crippen LogP contribution in [0.4, 0.5) is 0 Å². The quantitative estimate of drug-likeness (QED) is 0.863. The lowest BCUT2D eigenvalue weighted by Crippen LogP contribution is -2.38. The zero-order valence-electron chi connectivity index (χ0n) is 11.0. The SMILES string of the molecule is CC(CNC(=O)c1ccc2[nH]ccc2c1)N(C)C. The molecule has 0 aliphatic carbocycles. The molecule has 2 N–H and O–H groups in total. The highest BCUT2D eigenvalue weighted by atomic mass is 16.1. The second-order valence-electron chi connectivity index (χ2n) is 4.80. The van der Waals surface area contributed by atoms with Gasteiger partial charge in [-0.05, 0) is 45.3 Å². The molecule has 0 bridgehead atoms. The first kappa shape index (κ1) is 12.6. The van der Waals surface area contributed by atoms with E-state index < -0.39 is 0 Å². The number of rotatable bonds is 4. The third-order valence-corrected chi connectivity index (χ3v) is 3.26. The van der Waals surface area contributed by atoms with Crippen LogP contribution < -0.4 is 5.32 Å². The van der Waals surface area contributed by atoms with Crippen LogP contribution in [-0.4, -0.2) is 42.5 Å². The maximum Gasteiger partial charge on any atom is 0.251 e. The van der Waals surface area contributed by atoms with E-state index in [2.05, 4.69) is 22.1 Å². The van der Waals surface area contributed by atoms with Crippen LogP contribution >= 0.6 is 0 Å². The second-order valence-corrected chi connectivity index (χ2v) is 4.80. The molecule has 1 amide bonds. The molecule has 4 nitrogen and oxygen atoms in total. The standard InChI is InChI=1S/C14H19N3O/c1-10(17(2)3)9-16-14(18)12-4-5-13-11(8-12)6-7-15-13/h4-8,10,15H,9H2,1-3H3,(H,16,18). The molecule has 1 atom stereocenters. The molecule has 1 heterocycles. The Hall–Kier alpha value is -1.81. The molecule has 0 aliphatic rings. The zero-order valence-corrected chi connectivity index (χ0v) is 11.0. The summed E-state index contributed by atoms with van der Waals surface area (Å²) in [4.78, 5) is 17.2. The number of likely N-dealkylation sites (N-methyl/N-ethyl adjacent to an activating group) is 1. The molecule has 0 radical (unpaired) electrons. The minimum absolute atomic E-state index is 0.0215. The maximum absolute atomic E-state index is 12.0. The van der Waals surface area contributed by atoms with E-state index in [-0.39, 0.29) is 5.91 Å². The second kappa shape index (κ2) is 5.23. The molecule has 1 unspecified atom stereocenters. The van der Waals surface area contributed by atoms with Crippen molar-refractivity contribution in [2.24, 2.45) is 0 Å². The van der Waals surface area contributed by atoms with Gasteiger partial charge in [0.15, 0.2) is 0 Å². The van der Waals surface area contributed by atoms with Crippen molar-refractivity contribution < 1.29 is 4.79 Å². The average molecular weight is 245 g/mol. The minimum Gasteiger partial charge on any atom is -0.361 e. The fraction of sp³-hybridized carbons (Fsp3) is 0.357. The highest BCUT2D eigenvalue weighted by molar-refractivity contribution is 5.98. The van der Waals surface area contributed by atoms with Gasteiger partial charge in [0.05, 0.1) is 0 Å². The molecule has 0 saturated heterocycles. The Kier molecular flexibility index (Phi) is 3.67. The van der Waals surface area contributed by atoms with Crippen molar-refractivity contribution >= 4 is 16.8 Å². The number of carbonyl (C=O) groups is 1. The number of benzene rings is 1. The van der Waals surface area contributed by atoms with Crippen molar-refractivity contribution in [3.05, 3.63) is 36.0 Å². The first-order valence-corrected chi connectivity index (χ1v) is 6.09. The van der Waals surface area contributed by atoms with Gasteiger partial charge in [0.1, 0.15) is 0 Å². The number of hydrogen-bond acceptors (Lipinski definition) is 2. The van der Waals surface area contributed by atoms with Crippen molar-refractivity contribution in [2.75, 3.05) is 20.6 Å². The van der Waals surface area contributed by atoms with Crippen LogP contribution in [0, 0.1) is 0 Å². The van der Waals surface area contributed by atoms with Crippen LogP contribution in [0.1, 0.15) is 17.3 Å². The Balaban J connectivity index is 2.04. The van der Waals surface area contributed by atoms with Crippen LogP contribution in [0.25, 0.3) is 10.9 Å². The fourth-order valence-electron chi connectivity index (χ4n) is 1.72. The topological polar surface area (TPSA) is 48.1 Å². The Morgan fingerprint density at radius 2 is 2.17 bits per heavy atom. The van der Waals surface area contributed by atoms with E-state index in [1.54, 1.807) is 0 Å². The summed E-state index contributed by atoms with van der Waals surface area (Å²) in [6.07, 6.45) is 1.88. The monoisotopic (exact) mass is 245 g/mol. The van der Waals surface area contributed by atoms with Gasteiger partial charge in [-0.15, -0.1) is 0 Å². The highest BCUT2D eigenvalue weighted by Gasteiger charge is 2.09. The van der Waals surface area contributed by atoms with Gasteiger partial charge < -0.3 is 15.2 Å². The van der Waals surface area contributed by atoms with Crippen LogP contribution in [0.15, 0.2) is 30.5 Å². The molecule has 0 fully saturated rings. The summed E-state index contributed by atoms with van der Waals surface area (Å²) >= 11 is 0. The summed E-state index contributed by atoms with van der Waals surface area (Å²) in [5.41, 5.74) is 1.75. The van der Waals surface area contributed by atoms with E-state index in [1.165, 1.54) is 0 Å². The number of aromatic nitrogens is 1. The molecule has 0 aliphatic heterocycles. The third kappa shape index (κ3) is 2.71. The molecular weight excluding hydrogens is 226 g/mol. The number of aromatic amines is 1. The zero-order chi connectivity index (χ0) is 13.1. The predicted octanol–water partition coefficient (Wildman–Crippen LogP) is 1.85. The summed E-state index contributed by atoms with van der Waals surface area (Å²) in [6.45, 7) is 2.73. The lowest BCUT2D eigenvalue weighted by molar-refractivity contribution is 0.0944. The highest BCUT2D eigenvalue weighted by Crippen LogP contribution is 2.14. The van der Waals surface area contributed by atoms with Crippen LogP contribution in [0.5, 0.6) is 0 Å². The molecule has 0 spiro atoms. The van der Waals surface area contributed by atoms with Gasteiger partial charge in [-0.2, -0.15) is 0 Å². The lowest BCUT2D eigenvalue weighted by Gasteiger charge is -2.19. The van der Waals surface area contributed by atoms with Crippen molar-refractivity contribution in [1.29, 1.82) is 0 Å². The van der Waals surface area contributed by atoms with Crippen LogP contribution in [0.2, 0.25) is 0 Å². The Morgan fingerprint density at radius 1 is 1.39 bits per heavy atom.